The zero-order chi connectivity index (χ0) is 20.1. The van der Waals surface area contributed by atoms with Gasteiger partial charge in [0.25, 0.3) is 0 Å². The molecular formula is C22H23NO3S2. The van der Waals surface area contributed by atoms with Crippen molar-refractivity contribution >= 4 is 39.6 Å². The Bertz CT molecular complexity index is 941. The second-order valence-corrected chi connectivity index (χ2v) is 8.57. The van der Waals surface area contributed by atoms with E-state index in [-0.39, 0.29) is 18.9 Å². The van der Waals surface area contributed by atoms with E-state index < -0.39 is 5.97 Å². The maximum absolute atomic E-state index is 12.6. The molecule has 4 nitrogen and oxygen atoms in total. The summed E-state index contributed by atoms with van der Waals surface area (Å²) in [4.78, 5) is 26.0. The first-order valence-electron chi connectivity index (χ1n) is 9.20. The van der Waals surface area contributed by atoms with Gasteiger partial charge in [0, 0.05) is 15.8 Å². The summed E-state index contributed by atoms with van der Waals surface area (Å²) >= 11 is 2.88. The van der Waals surface area contributed by atoms with Gasteiger partial charge >= 0.3 is 5.97 Å². The van der Waals surface area contributed by atoms with Gasteiger partial charge in [-0.25, -0.2) is 4.79 Å². The fourth-order valence-corrected chi connectivity index (χ4v) is 4.54. The van der Waals surface area contributed by atoms with Crippen LogP contribution in [-0.2, 0) is 16.0 Å². The third-order valence-electron chi connectivity index (χ3n) is 4.33. The quantitative estimate of drug-likeness (QED) is 0.486. The average Bonchev–Trinajstić information content (AvgIpc) is 3.32. The molecule has 146 valence electrons. The number of carbonyl (C=O) groups is 2. The minimum Gasteiger partial charge on any atom is -0.462 e. The highest BCUT2D eigenvalue weighted by Gasteiger charge is 2.23. The number of carbonyl (C=O) groups excluding carboxylic acids is 2. The molecule has 2 aromatic heterocycles. The lowest BCUT2D eigenvalue weighted by Crippen LogP contribution is -2.16. The van der Waals surface area contributed by atoms with Crippen LogP contribution in [0.3, 0.4) is 0 Å². The molecule has 0 aliphatic heterocycles. The zero-order valence-corrected chi connectivity index (χ0v) is 17.8. The SMILES string of the molecule is CCOC(=O)c1c(-c2ccc(C(C)C)cc2)csc1NC(=O)Cc1cccs1. The lowest BCUT2D eigenvalue weighted by molar-refractivity contribution is -0.115. The third kappa shape index (κ3) is 4.69. The van der Waals surface area contributed by atoms with Crippen LogP contribution in [0.4, 0.5) is 5.00 Å². The van der Waals surface area contributed by atoms with E-state index in [4.69, 9.17) is 4.74 Å². The van der Waals surface area contributed by atoms with Crippen molar-refractivity contribution in [2.45, 2.75) is 33.1 Å². The van der Waals surface area contributed by atoms with Crippen molar-refractivity contribution in [3.05, 3.63) is 63.2 Å². The molecule has 1 N–H and O–H groups in total. The van der Waals surface area contributed by atoms with Crippen LogP contribution in [0.5, 0.6) is 0 Å². The number of benzene rings is 1. The molecule has 3 aromatic rings. The number of anilines is 1. The number of rotatable bonds is 7. The van der Waals surface area contributed by atoms with Crippen molar-refractivity contribution in [1.29, 1.82) is 0 Å². The van der Waals surface area contributed by atoms with Crippen molar-refractivity contribution in [3.8, 4) is 11.1 Å². The summed E-state index contributed by atoms with van der Waals surface area (Å²) in [6.45, 7) is 6.34. The first-order chi connectivity index (χ1) is 13.5. The van der Waals surface area contributed by atoms with E-state index >= 15 is 0 Å². The summed E-state index contributed by atoms with van der Waals surface area (Å²) in [5, 5.41) is 7.27. The minimum absolute atomic E-state index is 0.142. The summed E-state index contributed by atoms with van der Waals surface area (Å²) in [7, 11) is 0. The highest BCUT2D eigenvalue weighted by molar-refractivity contribution is 7.15. The standard InChI is InChI=1S/C22H23NO3S2/c1-4-26-22(25)20-18(16-9-7-15(8-10-16)14(2)3)13-28-21(20)23-19(24)12-17-6-5-11-27-17/h5-11,13-14H,4,12H2,1-3H3,(H,23,24). The first kappa shape index (κ1) is 20.3. The predicted molar refractivity (Wildman–Crippen MR) is 116 cm³/mol. The molecule has 0 spiro atoms. The van der Waals surface area contributed by atoms with E-state index in [9.17, 15) is 9.59 Å². The Kier molecular flexibility index (Phi) is 6.65. The molecule has 0 fully saturated rings. The van der Waals surface area contributed by atoms with E-state index in [2.05, 4.69) is 31.3 Å². The van der Waals surface area contributed by atoms with Crippen LogP contribution < -0.4 is 5.32 Å². The Morgan fingerprint density at radius 3 is 2.46 bits per heavy atom. The van der Waals surface area contributed by atoms with E-state index in [0.29, 0.717) is 16.5 Å². The smallest absolute Gasteiger partial charge is 0.341 e. The number of esters is 1. The lowest BCUT2D eigenvalue weighted by atomic mass is 9.98. The number of thiophene rings is 2. The summed E-state index contributed by atoms with van der Waals surface area (Å²) < 4.78 is 5.26. The van der Waals surface area contributed by atoms with Gasteiger partial charge < -0.3 is 10.1 Å². The Hall–Kier alpha value is -2.44. The van der Waals surface area contributed by atoms with Crippen LogP contribution in [0.25, 0.3) is 11.1 Å². The van der Waals surface area contributed by atoms with Crippen LogP contribution in [0, 0.1) is 0 Å². The predicted octanol–water partition coefficient (Wildman–Crippen LogP) is 5.96. The number of amides is 1. The largest absolute Gasteiger partial charge is 0.462 e. The summed E-state index contributed by atoms with van der Waals surface area (Å²) in [6.07, 6.45) is 0.288. The van der Waals surface area contributed by atoms with Gasteiger partial charge in [0.1, 0.15) is 10.6 Å². The van der Waals surface area contributed by atoms with Gasteiger partial charge in [-0.15, -0.1) is 22.7 Å². The maximum Gasteiger partial charge on any atom is 0.341 e. The van der Waals surface area contributed by atoms with Gasteiger partial charge in [-0.2, -0.15) is 0 Å². The molecule has 0 radical (unpaired) electrons. The Balaban J connectivity index is 1.90. The van der Waals surface area contributed by atoms with Gasteiger partial charge in [-0.05, 0) is 35.4 Å². The van der Waals surface area contributed by atoms with Gasteiger partial charge in [0.05, 0.1) is 13.0 Å². The highest BCUT2D eigenvalue weighted by Crippen LogP contribution is 2.37. The fourth-order valence-electron chi connectivity index (χ4n) is 2.86. The van der Waals surface area contributed by atoms with Gasteiger partial charge in [0.15, 0.2) is 0 Å². The van der Waals surface area contributed by atoms with E-state index in [0.717, 1.165) is 16.0 Å². The molecule has 0 atom stereocenters. The fraction of sp³-hybridized carbons (Fsp3) is 0.273. The van der Waals surface area contributed by atoms with Crippen molar-refractivity contribution in [2.24, 2.45) is 0 Å². The second kappa shape index (κ2) is 9.17. The summed E-state index contributed by atoms with van der Waals surface area (Å²) in [5.74, 6) is -0.122. The molecule has 0 aliphatic carbocycles. The molecule has 0 saturated carbocycles. The molecule has 6 heteroatoms. The molecule has 0 bridgehead atoms. The van der Waals surface area contributed by atoms with Gasteiger partial charge in [0.2, 0.25) is 5.91 Å². The number of nitrogens with one attached hydrogen (secondary N) is 1. The van der Waals surface area contributed by atoms with Crippen LogP contribution in [0.1, 0.15) is 47.5 Å². The molecule has 3 rings (SSSR count). The average molecular weight is 414 g/mol. The van der Waals surface area contributed by atoms with Crippen molar-refractivity contribution in [2.75, 3.05) is 11.9 Å². The normalized spacial score (nSPS) is 10.9. The van der Waals surface area contributed by atoms with E-state index in [1.165, 1.54) is 28.2 Å². The zero-order valence-electron chi connectivity index (χ0n) is 16.2. The van der Waals surface area contributed by atoms with Gasteiger partial charge in [-0.1, -0.05) is 44.2 Å². The van der Waals surface area contributed by atoms with E-state index in [1.807, 2.05) is 35.0 Å². The highest BCUT2D eigenvalue weighted by atomic mass is 32.1. The molecular weight excluding hydrogens is 390 g/mol. The maximum atomic E-state index is 12.6. The van der Waals surface area contributed by atoms with Crippen molar-refractivity contribution in [3.63, 3.8) is 0 Å². The Morgan fingerprint density at radius 2 is 1.86 bits per heavy atom. The second-order valence-electron chi connectivity index (χ2n) is 6.65. The summed E-state index contributed by atoms with van der Waals surface area (Å²) in [6, 6.07) is 12.0. The van der Waals surface area contributed by atoms with Crippen LogP contribution in [0.15, 0.2) is 47.2 Å². The molecule has 0 saturated heterocycles. The first-order valence-corrected chi connectivity index (χ1v) is 11.0. The number of hydrogen-bond donors (Lipinski definition) is 1. The molecule has 2 heterocycles. The lowest BCUT2D eigenvalue weighted by Gasteiger charge is -2.10. The van der Waals surface area contributed by atoms with Crippen molar-refractivity contribution < 1.29 is 14.3 Å². The molecule has 1 aromatic carbocycles. The van der Waals surface area contributed by atoms with E-state index in [1.54, 1.807) is 6.92 Å². The molecule has 1 amide bonds. The monoisotopic (exact) mass is 413 g/mol. The van der Waals surface area contributed by atoms with Crippen LogP contribution >= 0.6 is 22.7 Å². The third-order valence-corrected chi connectivity index (χ3v) is 6.10. The summed E-state index contributed by atoms with van der Waals surface area (Å²) in [5.41, 5.74) is 3.37. The Morgan fingerprint density at radius 1 is 1.11 bits per heavy atom. The Labute approximate surface area is 173 Å². The van der Waals surface area contributed by atoms with Crippen LogP contribution in [0.2, 0.25) is 0 Å². The minimum atomic E-state index is -0.418. The molecule has 28 heavy (non-hydrogen) atoms. The topological polar surface area (TPSA) is 55.4 Å². The van der Waals surface area contributed by atoms with Gasteiger partial charge in [-0.3, -0.25) is 4.79 Å². The molecule has 0 aliphatic rings. The van der Waals surface area contributed by atoms with Crippen molar-refractivity contribution in [1.82, 2.24) is 0 Å². The number of ether oxygens (including phenoxy) is 1. The molecule has 0 unspecified atom stereocenters. The number of hydrogen-bond acceptors (Lipinski definition) is 5. The van der Waals surface area contributed by atoms with Crippen LogP contribution in [-0.4, -0.2) is 18.5 Å².